The first-order valence-electron chi connectivity index (χ1n) is 6.03. The van der Waals surface area contributed by atoms with Crippen LogP contribution < -0.4 is 15.8 Å². The van der Waals surface area contributed by atoms with Crippen molar-refractivity contribution >= 4 is 38.6 Å². The molecule has 1 aromatic carbocycles. The molecule has 1 heterocycles. The number of nitrogens with one attached hydrogen (secondary N) is 2. The molecular weight excluding hydrogens is 310 g/mol. The Bertz CT molecular complexity index is 727. The third-order valence-corrected chi connectivity index (χ3v) is 4.16. The van der Waals surface area contributed by atoms with Crippen LogP contribution in [0.15, 0.2) is 41.8 Å². The lowest BCUT2D eigenvalue weighted by Crippen LogP contribution is -2.27. The molecule has 0 saturated carbocycles. The second-order valence-corrected chi connectivity index (χ2v) is 7.13. The van der Waals surface area contributed by atoms with Crippen LogP contribution in [0.1, 0.15) is 10.9 Å². The van der Waals surface area contributed by atoms with Gasteiger partial charge in [-0.1, -0.05) is 18.2 Å². The smallest absolute Gasteiger partial charge is 0.246 e. The number of nitrogens with two attached hydrogens (primary N) is 1. The van der Waals surface area contributed by atoms with E-state index in [9.17, 15) is 13.2 Å². The van der Waals surface area contributed by atoms with Gasteiger partial charge < -0.3 is 11.1 Å². The summed E-state index contributed by atoms with van der Waals surface area (Å²) in [5.74, 6) is -0.403. The van der Waals surface area contributed by atoms with Gasteiger partial charge in [-0.25, -0.2) is 8.42 Å². The predicted molar refractivity (Wildman–Crippen MR) is 84.8 cm³/mol. The summed E-state index contributed by atoms with van der Waals surface area (Å²) in [5, 5.41) is 4.47. The second kappa shape index (κ2) is 6.25. The molecule has 0 aliphatic rings. The monoisotopic (exact) mass is 325 g/mol. The number of sulfonamides is 1. The van der Waals surface area contributed by atoms with Crippen molar-refractivity contribution in [3.63, 3.8) is 0 Å². The molecule has 112 valence electrons. The molecule has 6 nitrogen and oxygen atoms in total. The van der Waals surface area contributed by atoms with E-state index in [4.69, 9.17) is 5.73 Å². The van der Waals surface area contributed by atoms with Crippen LogP contribution in [0, 0.1) is 0 Å². The van der Waals surface area contributed by atoms with E-state index in [0.717, 1.165) is 11.1 Å². The minimum Gasteiger partial charge on any atom is -0.323 e. The van der Waals surface area contributed by atoms with E-state index in [1.54, 1.807) is 30.3 Å². The van der Waals surface area contributed by atoms with Crippen LogP contribution in [0.4, 0.5) is 11.4 Å². The molecular formula is C13H15N3O3S2. The molecule has 0 bridgehead atoms. The summed E-state index contributed by atoms with van der Waals surface area (Å²) in [6.45, 7) is 0. The third kappa shape index (κ3) is 4.28. The number of rotatable bonds is 5. The number of hydrogen-bond donors (Lipinski definition) is 3. The van der Waals surface area contributed by atoms with Crippen LogP contribution in [0.2, 0.25) is 0 Å². The molecule has 0 aliphatic carbocycles. The Hall–Kier alpha value is -1.90. The van der Waals surface area contributed by atoms with Crippen molar-refractivity contribution in [1.29, 1.82) is 0 Å². The van der Waals surface area contributed by atoms with Gasteiger partial charge in [0.15, 0.2) is 0 Å². The number of hydrogen-bond acceptors (Lipinski definition) is 5. The fourth-order valence-electron chi connectivity index (χ4n) is 1.69. The summed E-state index contributed by atoms with van der Waals surface area (Å²) in [5.41, 5.74) is 6.53. The molecule has 0 radical (unpaired) electrons. The third-order valence-electron chi connectivity index (χ3n) is 2.61. The van der Waals surface area contributed by atoms with Crippen LogP contribution in [0.5, 0.6) is 0 Å². The van der Waals surface area contributed by atoms with Crippen molar-refractivity contribution in [3.05, 3.63) is 46.7 Å². The van der Waals surface area contributed by atoms with Crippen molar-refractivity contribution in [2.45, 2.75) is 6.04 Å². The van der Waals surface area contributed by atoms with E-state index in [1.807, 2.05) is 11.4 Å². The van der Waals surface area contributed by atoms with Gasteiger partial charge in [0.05, 0.1) is 17.6 Å². The second-order valence-electron chi connectivity index (χ2n) is 4.40. The van der Waals surface area contributed by atoms with Crippen LogP contribution >= 0.6 is 11.3 Å². The van der Waals surface area contributed by atoms with Gasteiger partial charge in [0, 0.05) is 4.88 Å². The Morgan fingerprint density at radius 2 is 1.86 bits per heavy atom. The Balaban J connectivity index is 2.18. The maximum absolute atomic E-state index is 12.1. The highest BCUT2D eigenvalue weighted by atomic mass is 32.2. The molecule has 2 rings (SSSR count). The fourth-order valence-corrected chi connectivity index (χ4v) is 2.99. The van der Waals surface area contributed by atoms with Crippen LogP contribution in [-0.4, -0.2) is 20.6 Å². The Morgan fingerprint density at radius 3 is 2.43 bits per heavy atom. The van der Waals surface area contributed by atoms with Gasteiger partial charge in [-0.2, -0.15) is 0 Å². The van der Waals surface area contributed by atoms with Crippen molar-refractivity contribution in [2.75, 3.05) is 16.3 Å². The predicted octanol–water partition coefficient (Wildman–Crippen LogP) is 1.76. The number of thiophene rings is 1. The van der Waals surface area contributed by atoms with E-state index < -0.39 is 22.0 Å². The zero-order chi connectivity index (χ0) is 15.5. The zero-order valence-electron chi connectivity index (χ0n) is 11.2. The number of anilines is 2. The molecule has 0 saturated heterocycles. The van der Waals surface area contributed by atoms with Crippen molar-refractivity contribution in [2.24, 2.45) is 5.73 Å². The van der Waals surface area contributed by atoms with Gasteiger partial charge in [0.1, 0.15) is 6.04 Å². The molecule has 4 N–H and O–H groups in total. The minimum absolute atomic E-state index is 0.298. The van der Waals surface area contributed by atoms with E-state index in [1.165, 1.54) is 11.3 Å². The normalized spacial score (nSPS) is 12.7. The molecule has 8 heteroatoms. The fraction of sp³-hybridized carbons (Fsp3) is 0.154. The molecule has 1 amide bonds. The van der Waals surface area contributed by atoms with E-state index in [-0.39, 0.29) is 0 Å². The van der Waals surface area contributed by atoms with Crippen LogP contribution in [0.3, 0.4) is 0 Å². The summed E-state index contributed by atoms with van der Waals surface area (Å²) in [6, 6.07) is 9.32. The molecule has 0 aliphatic heterocycles. The number of carbonyl (C=O) groups excluding carboxylic acids is 1. The van der Waals surface area contributed by atoms with Crippen LogP contribution in [0.25, 0.3) is 0 Å². The Labute approximate surface area is 127 Å². The SMILES string of the molecule is CS(=O)(=O)Nc1ccccc1NC(=O)C(N)c1cccs1. The Morgan fingerprint density at radius 1 is 1.19 bits per heavy atom. The molecule has 1 unspecified atom stereocenters. The summed E-state index contributed by atoms with van der Waals surface area (Å²) >= 11 is 1.39. The lowest BCUT2D eigenvalue weighted by molar-refractivity contribution is -0.117. The molecule has 1 aromatic heterocycles. The van der Waals surface area contributed by atoms with Crippen molar-refractivity contribution in [3.8, 4) is 0 Å². The maximum Gasteiger partial charge on any atom is 0.246 e. The van der Waals surface area contributed by atoms with Crippen molar-refractivity contribution < 1.29 is 13.2 Å². The van der Waals surface area contributed by atoms with E-state index >= 15 is 0 Å². The quantitative estimate of drug-likeness (QED) is 0.779. The summed E-state index contributed by atoms with van der Waals surface area (Å²) in [6.07, 6.45) is 1.04. The lowest BCUT2D eigenvalue weighted by atomic mass is 10.2. The van der Waals surface area contributed by atoms with E-state index in [2.05, 4.69) is 10.0 Å². The number of amides is 1. The highest BCUT2D eigenvalue weighted by molar-refractivity contribution is 7.92. The standard InChI is InChI=1S/C13H15N3O3S2/c1-21(18,19)16-10-6-3-2-5-9(10)15-13(17)12(14)11-7-4-8-20-11/h2-8,12,16H,14H2,1H3,(H,15,17). The van der Waals surface area contributed by atoms with Gasteiger partial charge in [-0.3, -0.25) is 9.52 Å². The van der Waals surface area contributed by atoms with Crippen molar-refractivity contribution in [1.82, 2.24) is 0 Å². The highest BCUT2D eigenvalue weighted by Crippen LogP contribution is 2.24. The molecule has 2 aromatic rings. The van der Waals surface area contributed by atoms with Crippen LogP contribution in [-0.2, 0) is 14.8 Å². The molecule has 1 atom stereocenters. The number of carbonyl (C=O) groups is 1. The Kier molecular flexibility index (Phi) is 4.61. The average molecular weight is 325 g/mol. The van der Waals surface area contributed by atoms with Gasteiger partial charge in [-0.05, 0) is 23.6 Å². The minimum atomic E-state index is -3.43. The maximum atomic E-state index is 12.1. The first-order chi connectivity index (χ1) is 9.87. The highest BCUT2D eigenvalue weighted by Gasteiger charge is 2.18. The summed E-state index contributed by atoms with van der Waals surface area (Å²) in [4.78, 5) is 12.9. The van der Waals surface area contributed by atoms with Gasteiger partial charge in [0.2, 0.25) is 15.9 Å². The summed E-state index contributed by atoms with van der Waals surface area (Å²) < 4.78 is 25.0. The lowest BCUT2D eigenvalue weighted by Gasteiger charge is -2.14. The topological polar surface area (TPSA) is 101 Å². The summed E-state index contributed by atoms with van der Waals surface area (Å²) in [7, 11) is -3.43. The van der Waals surface area contributed by atoms with Gasteiger partial charge >= 0.3 is 0 Å². The average Bonchev–Trinajstić information content (AvgIpc) is 2.92. The van der Waals surface area contributed by atoms with Gasteiger partial charge in [-0.15, -0.1) is 11.3 Å². The van der Waals surface area contributed by atoms with E-state index in [0.29, 0.717) is 11.4 Å². The number of benzene rings is 1. The zero-order valence-corrected chi connectivity index (χ0v) is 12.9. The molecule has 0 spiro atoms. The first kappa shape index (κ1) is 15.5. The number of para-hydroxylation sites is 2. The molecule has 21 heavy (non-hydrogen) atoms. The first-order valence-corrected chi connectivity index (χ1v) is 8.80. The van der Waals surface area contributed by atoms with Gasteiger partial charge in [0.25, 0.3) is 0 Å². The largest absolute Gasteiger partial charge is 0.323 e. The molecule has 0 fully saturated rings.